The van der Waals surface area contributed by atoms with Gasteiger partial charge in [0.2, 0.25) is 0 Å². The molecule has 0 spiro atoms. The minimum atomic E-state index is 0.0604. The van der Waals surface area contributed by atoms with Gasteiger partial charge >= 0.3 is 0 Å². The molecule has 1 N–H and O–H groups in total. The van der Waals surface area contributed by atoms with Crippen molar-refractivity contribution in [3.63, 3.8) is 0 Å². The molecular formula is C24H33NS. The van der Waals surface area contributed by atoms with Crippen molar-refractivity contribution in [2.45, 2.75) is 83.0 Å². The van der Waals surface area contributed by atoms with E-state index in [0.29, 0.717) is 0 Å². The van der Waals surface area contributed by atoms with Gasteiger partial charge in [0.25, 0.3) is 0 Å². The van der Waals surface area contributed by atoms with Crippen LogP contribution < -0.4 is 5.32 Å². The highest BCUT2D eigenvalue weighted by molar-refractivity contribution is 7.80. The third-order valence-electron chi connectivity index (χ3n) is 5.45. The highest BCUT2D eigenvalue weighted by Crippen LogP contribution is 2.40. The Morgan fingerprint density at radius 1 is 0.846 bits per heavy atom. The summed E-state index contributed by atoms with van der Waals surface area (Å²) in [7, 11) is 0. The van der Waals surface area contributed by atoms with Crippen LogP contribution in [0.25, 0.3) is 0 Å². The summed E-state index contributed by atoms with van der Waals surface area (Å²) in [6.07, 6.45) is 4.97. The standard InChI is InChI=1S/C24H33NS/c1-23(2,3)17-14-19(24(4,5)6)22(26)21(15-17)25-20-13-9-11-16-10-7-8-12-18(16)20/h9,11,13-15,25-26H,7-8,10,12H2,1-6H3. The lowest BCUT2D eigenvalue weighted by molar-refractivity contribution is 0.560. The molecule has 0 atom stereocenters. The fraction of sp³-hybridized carbons (Fsp3) is 0.500. The molecule has 0 saturated carbocycles. The van der Waals surface area contributed by atoms with Gasteiger partial charge in [0.05, 0.1) is 5.69 Å². The monoisotopic (exact) mass is 367 g/mol. The molecular weight excluding hydrogens is 334 g/mol. The van der Waals surface area contributed by atoms with Crippen molar-refractivity contribution in [2.75, 3.05) is 5.32 Å². The first-order valence-corrected chi connectivity index (χ1v) is 10.3. The Morgan fingerprint density at radius 3 is 2.19 bits per heavy atom. The number of anilines is 2. The fourth-order valence-electron chi connectivity index (χ4n) is 3.78. The molecule has 0 bridgehead atoms. The molecule has 0 unspecified atom stereocenters. The molecule has 3 rings (SSSR count). The zero-order chi connectivity index (χ0) is 19.1. The normalized spacial score (nSPS) is 14.9. The van der Waals surface area contributed by atoms with E-state index in [1.54, 1.807) is 0 Å². The van der Waals surface area contributed by atoms with Gasteiger partial charge in [-0.2, -0.15) is 0 Å². The lowest BCUT2D eigenvalue weighted by Gasteiger charge is -2.29. The average molecular weight is 368 g/mol. The zero-order valence-electron chi connectivity index (χ0n) is 17.2. The van der Waals surface area contributed by atoms with E-state index in [4.69, 9.17) is 12.6 Å². The highest BCUT2D eigenvalue weighted by Gasteiger charge is 2.24. The maximum absolute atomic E-state index is 4.94. The van der Waals surface area contributed by atoms with Crippen LogP contribution in [0.1, 0.15) is 76.6 Å². The summed E-state index contributed by atoms with van der Waals surface area (Å²) in [6.45, 7) is 13.6. The maximum atomic E-state index is 4.94. The Kier molecular flexibility index (Phi) is 5.18. The topological polar surface area (TPSA) is 12.0 Å². The smallest absolute Gasteiger partial charge is 0.0525 e. The van der Waals surface area contributed by atoms with E-state index in [2.05, 4.69) is 77.2 Å². The highest BCUT2D eigenvalue weighted by atomic mass is 32.1. The molecule has 0 radical (unpaired) electrons. The Labute approximate surface area is 165 Å². The van der Waals surface area contributed by atoms with E-state index in [1.807, 2.05) is 0 Å². The molecule has 140 valence electrons. The van der Waals surface area contributed by atoms with Crippen LogP contribution in [0, 0.1) is 0 Å². The molecule has 0 saturated heterocycles. The van der Waals surface area contributed by atoms with E-state index in [9.17, 15) is 0 Å². The summed E-state index contributed by atoms with van der Waals surface area (Å²) in [6, 6.07) is 11.3. The van der Waals surface area contributed by atoms with E-state index in [1.165, 1.54) is 53.6 Å². The summed E-state index contributed by atoms with van der Waals surface area (Å²) in [5.41, 5.74) is 8.20. The lowest BCUT2D eigenvalue weighted by Crippen LogP contribution is -2.18. The molecule has 1 aliphatic carbocycles. The van der Waals surface area contributed by atoms with Crippen LogP contribution in [-0.4, -0.2) is 0 Å². The Morgan fingerprint density at radius 2 is 1.54 bits per heavy atom. The summed E-state index contributed by atoms with van der Waals surface area (Å²) in [5.74, 6) is 0. The number of hydrogen-bond donors (Lipinski definition) is 2. The van der Waals surface area contributed by atoms with Crippen molar-refractivity contribution in [2.24, 2.45) is 0 Å². The molecule has 0 aliphatic heterocycles. The van der Waals surface area contributed by atoms with Gasteiger partial charge in [-0.1, -0.05) is 59.7 Å². The summed E-state index contributed by atoms with van der Waals surface area (Å²) in [4.78, 5) is 1.07. The van der Waals surface area contributed by atoms with Gasteiger partial charge in [0.15, 0.2) is 0 Å². The van der Waals surface area contributed by atoms with Crippen LogP contribution in [0.3, 0.4) is 0 Å². The second-order valence-corrected chi connectivity index (χ2v) is 10.1. The fourth-order valence-corrected chi connectivity index (χ4v) is 4.30. The van der Waals surface area contributed by atoms with Crippen LogP contribution in [0.2, 0.25) is 0 Å². The van der Waals surface area contributed by atoms with Crippen molar-refractivity contribution in [1.82, 2.24) is 0 Å². The van der Waals surface area contributed by atoms with Gasteiger partial charge in [0, 0.05) is 10.6 Å². The molecule has 0 amide bonds. The Hall–Kier alpha value is -1.41. The molecule has 0 aromatic heterocycles. The number of fused-ring (bicyclic) bond motifs is 1. The summed E-state index contributed by atoms with van der Waals surface area (Å²) < 4.78 is 0. The molecule has 0 fully saturated rings. The predicted molar refractivity (Wildman–Crippen MR) is 117 cm³/mol. The van der Waals surface area contributed by atoms with Crippen molar-refractivity contribution >= 4 is 24.0 Å². The molecule has 0 heterocycles. The Bertz CT molecular complexity index is 806. The molecule has 2 aromatic carbocycles. The number of nitrogens with one attached hydrogen (secondary N) is 1. The van der Waals surface area contributed by atoms with Crippen molar-refractivity contribution in [3.8, 4) is 0 Å². The molecule has 26 heavy (non-hydrogen) atoms. The van der Waals surface area contributed by atoms with Crippen molar-refractivity contribution < 1.29 is 0 Å². The SMILES string of the molecule is CC(C)(C)c1cc(Nc2cccc3c2CCCC3)c(S)c(C(C)(C)C)c1. The van der Waals surface area contributed by atoms with Gasteiger partial charge in [0.1, 0.15) is 0 Å². The van der Waals surface area contributed by atoms with E-state index in [-0.39, 0.29) is 10.8 Å². The van der Waals surface area contributed by atoms with Crippen molar-refractivity contribution in [3.05, 3.63) is 52.6 Å². The molecule has 2 heteroatoms. The maximum Gasteiger partial charge on any atom is 0.0525 e. The minimum Gasteiger partial charge on any atom is -0.354 e. The zero-order valence-corrected chi connectivity index (χ0v) is 18.1. The van der Waals surface area contributed by atoms with Gasteiger partial charge in [-0.3, -0.25) is 0 Å². The summed E-state index contributed by atoms with van der Waals surface area (Å²) >= 11 is 4.94. The Balaban J connectivity index is 2.11. The van der Waals surface area contributed by atoms with Crippen LogP contribution in [0.15, 0.2) is 35.2 Å². The second kappa shape index (κ2) is 6.96. The first-order valence-electron chi connectivity index (χ1n) is 9.83. The van der Waals surface area contributed by atoms with Gasteiger partial charge < -0.3 is 5.32 Å². The number of thiol groups is 1. The van der Waals surface area contributed by atoms with Crippen LogP contribution in [0.4, 0.5) is 11.4 Å². The van der Waals surface area contributed by atoms with E-state index >= 15 is 0 Å². The van der Waals surface area contributed by atoms with Crippen molar-refractivity contribution in [1.29, 1.82) is 0 Å². The third-order valence-corrected chi connectivity index (χ3v) is 5.93. The second-order valence-electron chi connectivity index (χ2n) is 9.70. The average Bonchev–Trinajstić information content (AvgIpc) is 2.55. The van der Waals surface area contributed by atoms with Gasteiger partial charge in [-0.05, 0) is 70.9 Å². The number of aryl methyl sites for hydroxylation is 1. The summed E-state index contributed by atoms with van der Waals surface area (Å²) in [5, 5.41) is 3.75. The van der Waals surface area contributed by atoms with Gasteiger partial charge in [-0.25, -0.2) is 0 Å². The largest absolute Gasteiger partial charge is 0.354 e. The molecule has 1 nitrogen and oxygen atoms in total. The number of benzene rings is 2. The van der Waals surface area contributed by atoms with E-state index < -0.39 is 0 Å². The van der Waals surface area contributed by atoms with E-state index in [0.717, 1.165) is 10.6 Å². The first kappa shape index (κ1) is 19.4. The van der Waals surface area contributed by atoms with Crippen LogP contribution in [0.5, 0.6) is 0 Å². The molecule has 1 aliphatic rings. The minimum absolute atomic E-state index is 0.0604. The first-order chi connectivity index (χ1) is 12.1. The lowest BCUT2D eigenvalue weighted by atomic mass is 9.80. The van der Waals surface area contributed by atoms with Gasteiger partial charge in [-0.15, -0.1) is 12.6 Å². The molecule has 2 aromatic rings. The predicted octanol–water partition coefficient (Wildman–Crippen LogP) is 7.19. The third kappa shape index (κ3) is 3.96. The number of hydrogen-bond acceptors (Lipinski definition) is 2. The quantitative estimate of drug-likeness (QED) is 0.535. The van der Waals surface area contributed by atoms with Crippen LogP contribution >= 0.6 is 12.6 Å². The van der Waals surface area contributed by atoms with Crippen LogP contribution in [-0.2, 0) is 23.7 Å². The number of rotatable bonds is 2.